The van der Waals surface area contributed by atoms with E-state index in [0.717, 1.165) is 11.1 Å². The van der Waals surface area contributed by atoms with Crippen LogP contribution >= 0.6 is 0 Å². The Morgan fingerprint density at radius 3 is 1.79 bits per heavy atom. The molecule has 7 heteroatoms. The number of rotatable bonds is 5. The van der Waals surface area contributed by atoms with Crippen molar-refractivity contribution in [2.24, 2.45) is 5.92 Å². The molecule has 0 bridgehead atoms. The summed E-state index contributed by atoms with van der Waals surface area (Å²) < 4.78 is 54.0. The highest BCUT2D eigenvalue weighted by Crippen LogP contribution is 2.33. The molecule has 0 saturated carbocycles. The lowest BCUT2D eigenvalue weighted by Crippen LogP contribution is -2.45. The van der Waals surface area contributed by atoms with Gasteiger partial charge < -0.3 is 0 Å². The lowest BCUT2D eigenvalue weighted by atomic mass is 9.97. The lowest BCUT2D eigenvalue weighted by Gasteiger charge is -2.37. The summed E-state index contributed by atoms with van der Waals surface area (Å²) >= 11 is 0. The number of sulfone groups is 1. The molecule has 2 atom stereocenters. The molecule has 1 aliphatic rings. The standard InChI is InChI=1S/C22H27NO4S2/c1-16(2)22-15-21(28(24,25)19-9-5-17(3)6-10-19)13-14-23(22)29(26,27)20-11-7-18(4)8-12-20/h5-14,16,21-22H,15H2,1-4H3/t21-,22+/m0/s1. The Balaban J connectivity index is 1.98. The van der Waals surface area contributed by atoms with Gasteiger partial charge in [0.1, 0.15) is 0 Å². The Labute approximate surface area is 174 Å². The van der Waals surface area contributed by atoms with Crippen LogP contribution in [-0.4, -0.2) is 32.4 Å². The Bertz CT molecular complexity index is 1100. The van der Waals surface area contributed by atoms with Gasteiger partial charge in [-0.1, -0.05) is 49.2 Å². The van der Waals surface area contributed by atoms with Gasteiger partial charge in [0.05, 0.1) is 15.0 Å². The molecular formula is C22H27NO4S2. The monoisotopic (exact) mass is 433 g/mol. The topological polar surface area (TPSA) is 71.5 Å². The smallest absolute Gasteiger partial charge is 0.264 e. The van der Waals surface area contributed by atoms with Crippen LogP contribution in [0.25, 0.3) is 0 Å². The highest BCUT2D eigenvalue weighted by Gasteiger charge is 2.39. The number of hydrogen-bond acceptors (Lipinski definition) is 4. The van der Waals surface area contributed by atoms with Crippen molar-refractivity contribution in [1.82, 2.24) is 4.31 Å². The van der Waals surface area contributed by atoms with E-state index >= 15 is 0 Å². The predicted molar refractivity (Wildman–Crippen MR) is 115 cm³/mol. The van der Waals surface area contributed by atoms with E-state index in [1.165, 1.54) is 16.6 Å². The molecule has 1 aliphatic heterocycles. The SMILES string of the molecule is Cc1ccc(S(=O)(=O)[C@H]2C=CN(S(=O)(=O)c3ccc(C)cc3)[C@@H](C(C)C)C2)cc1. The summed E-state index contributed by atoms with van der Waals surface area (Å²) in [4.78, 5) is 0.466. The zero-order valence-corrected chi connectivity index (χ0v) is 18.7. The molecule has 0 fully saturated rings. The van der Waals surface area contributed by atoms with Crippen molar-refractivity contribution in [2.45, 2.75) is 55.2 Å². The van der Waals surface area contributed by atoms with Gasteiger partial charge in [-0.15, -0.1) is 0 Å². The molecule has 2 aromatic carbocycles. The van der Waals surface area contributed by atoms with E-state index in [9.17, 15) is 16.8 Å². The summed E-state index contributed by atoms with van der Waals surface area (Å²) in [5.41, 5.74) is 1.96. The van der Waals surface area contributed by atoms with Crippen LogP contribution in [-0.2, 0) is 19.9 Å². The van der Waals surface area contributed by atoms with Crippen LogP contribution in [0.1, 0.15) is 31.4 Å². The molecule has 1 heterocycles. The van der Waals surface area contributed by atoms with Crippen molar-refractivity contribution in [3.63, 3.8) is 0 Å². The van der Waals surface area contributed by atoms with Crippen LogP contribution < -0.4 is 0 Å². The average molecular weight is 434 g/mol. The van der Waals surface area contributed by atoms with Crippen molar-refractivity contribution in [2.75, 3.05) is 0 Å². The summed E-state index contributed by atoms with van der Waals surface area (Å²) in [6.45, 7) is 7.63. The summed E-state index contributed by atoms with van der Waals surface area (Å²) in [6.07, 6.45) is 3.15. The summed E-state index contributed by atoms with van der Waals surface area (Å²) in [5.74, 6) is -0.0455. The molecular weight excluding hydrogens is 406 g/mol. The summed E-state index contributed by atoms with van der Waals surface area (Å²) in [6, 6.07) is 13.0. The minimum atomic E-state index is -3.76. The molecule has 156 valence electrons. The summed E-state index contributed by atoms with van der Waals surface area (Å²) in [5, 5.41) is -0.762. The lowest BCUT2D eigenvalue weighted by molar-refractivity contribution is 0.289. The Morgan fingerprint density at radius 1 is 0.828 bits per heavy atom. The maximum atomic E-state index is 13.2. The van der Waals surface area contributed by atoms with Gasteiger partial charge in [-0.25, -0.2) is 16.8 Å². The van der Waals surface area contributed by atoms with E-state index in [4.69, 9.17) is 0 Å². The molecule has 0 radical (unpaired) electrons. The normalized spacial score (nSPS) is 20.2. The first-order valence-electron chi connectivity index (χ1n) is 9.62. The van der Waals surface area contributed by atoms with Crippen molar-refractivity contribution in [3.05, 3.63) is 71.9 Å². The first-order chi connectivity index (χ1) is 13.5. The van der Waals surface area contributed by atoms with E-state index in [2.05, 4.69) is 0 Å². The second-order valence-electron chi connectivity index (χ2n) is 7.93. The van der Waals surface area contributed by atoms with Gasteiger partial charge >= 0.3 is 0 Å². The van der Waals surface area contributed by atoms with Gasteiger partial charge in [0, 0.05) is 12.2 Å². The highest BCUT2D eigenvalue weighted by atomic mass is 32.2. The molecule has 2 aromatic rings. The van der Waals surface area contributed by atoms with Crippen LogP contribution in [0.3, 0.4) is 0 Å². The maximum Gasteiger partial charge on any atom is 0.264 e. The molecule has 0 saturated heterocycles. The van der Waals surface area contributed by atoms with Crippen LogP contribution in [0.5, 0.6) is 0 Å². The third-order valence-corrected chi connectivity index (χ3v) is 9.25. The molecule has 0 aromatic heterocycles. The Morgan fingerprint density at radius 2 is 1.31 bits per heavy atom. The van der Waals surface area contributed by atoms with E-state index in [0.29, 0.717) is 0 Å². The molecule has 5 nitrogen and oxygen atoms in total. The third kappa shape index (κ3) is 4.26. The van der Waals surface area contributed by atoms with Gasteiger partial charge in [0.15, 0.2) is 9.84 Å². The van der Waals surface area contributed by atoms with Crippen LogP contribution in [0.4, 0.5) is 0 Å². The molecule has 0 amide bonds. The molecule has 29 heavy (non-hydrogen) atoms. The number of sulfonamides is 1. The molecule has 3 rings (SSSR count). The molecule has 0 aliphatic carbocycles. The van der Waals surface area contributed by atoms with Gasteiger partial charge in [-0.05, 0) is 56.5 Å². The summed E-state index contributed by atoms with van der Waals surface area (Å²) in [7, 11) is -7.35. The predicted octanol–water partition coefficient (Wildman–Crippen LogP) is 4.08. The van der Waals surface area contributed by atoms with Crippen LogP contribution in [0, 0.1) is 19.8 Å². The zero-order chi connectivity index (χ0) is 21.4. The van der Waals surface area contributed by atoms with Crippen molar-refractivity contribution in [1.29, 1.82) is 0 Å². The minimum Gasteiger partial charge on any atom is -0.270 e. The van der Waals surface area contributed by atoms with E-state index in [1.807, 2.05) is 27.7 Å². The van der Waals surface area contributed by atoms with Crippen molar-refractivity contribution >= 4 is 19.9 Å². The fourth-order valence-corrected chi connectivity index (χ4v) is 6.73. The zero-order valence-electron chi connectivity index (χ0n) is 17.1. The maximum absolute atomic E-state index is 13.2. The number of aryl methyl sites for hydroxylation is 2. The number of hydrogen-bond donors (Lipinski definition) is 0. The van der Waals surface area contributed by atoms with Crippen molar-refractivity contribution < 1.29 is 16.8 Å². The highest BCUT2D eigenvalue weighted by molar-refractivity contribution is 7.92. The van der Waals surface area contributed by atoms with E-state index < -0.39 is 31.2 Å². The molecule has 0 spiro atoms. The first kappa shape index (κ1) is 21.6. The van der Waals surface area contributed by atoms with E-state index in [-0.39, 0.29) is 22.1 Å². The third-order valence-electron chi connectivity index (χ3n) is 5.36. The van der Waals surface area contributed by atoms with Gasteiger partial charge in [0.25, 0.3) is 10.0 Å². The van der Waals surface area contributed by atoms with Crippen LogP contribution in [0.2, 0.25) is 0 Å². The fourth-order valence-electron chi connectivity index (χ4n) is 3.50. The fraction of sp³-hybridized carbons (Fsp3) is 0.364. The number of benzene rings is 2. The largest absolute Gasteiger partial charge is 0.270 e. The molecule has 0 unspecified atom stereocenters. The Hall–Kier alpha value is -2.12. The minimum absolute atomic E-state index is 0.0455. The average Bonchev–Trinajstić information content (AvgIpc) is 2.68. The quantitative estimate of drug-likeness (QED) is 0.712. The van der Waals surface area contributed by atoms with Crippen LogP contribution in [0.15, 0.2) is 70.6 Å². The van der Waals surface area contributed by atoms with Crippen molar-refractivity contribution in [3.8, 4) is 0 Å². The van der Waals surface area contributed by atoms with Gasteiger partial charge in [-0.3, -0.25) is 4.31 Å². The van der Waals surface area contributed by atoms with Gasteiger partial charge in [0.2, 0.25) is 0 Å². The second-order valence-corrected chi connectivity index (χ2v) is 11.9. The Kier molecular flexibility index (Phi) is 5.92. The van der Waals surface area contributed by atoms with Gasteiger partial charge in [-0.2, -0.15) is 0 Å². The molecule has 0 N–H and O–H groups in total. The second kappa shape index (κ2) is 7.95. The number of nitrogens with zero attached hydrogens (tertiary/aromatic N) is 1. The first-order valence-corrected chi connectivity index (χ1v) is 12.6. The van der Waals surface area contributed by atoms with E-state index in [1.54, 1.807) is 48.5 Å².